The lowest BCUT2D eigenvalue weighted by Gasteiger charge is -2.27. The van der Waals surface area contributed by atoms with Crippen molar-refractivity contribution in [2.24, 2.45) is 11.8 Å². The van der Waals surface area contributed by atoms with Gasteiger partial charge in [-0.3, -0.25) is 0 Å². The van der Waals surface area contributed by atoms with Gasteiger partial charge in [-0.25, -0.2) is 0 Å². The van der Waals surface area contributed by atoms with Gasteiger partial charge in [0, 0.05) is 13.2 Å². The second-order valence-electron chi connectivity index (χ2n) is 3.83. The van der Waals surface area contributed by atoms with Gasteiger partial charge in [0.1, 0.15) is 0 Å². The highest BCUT2D eigenvalue weighted by Crippen LogP contribution is 2.22. The van der Waals surface area contributed by atoms with Crippen LogP contribution in [0.3, 0.4) is 0 Å². The van der Waals surface area contributed by atoms with Crippen LogP contribution < -0.4 is 5.32 Å². The molecule has 0 aromatic carbocycles. The van der Waals surface area contributed by atoms with Crippen molar-refractivity contribution in [2.45, 2.75) is 19.3 Å². The summed E-state index contributed by atoms with van der Waals surface area (Å²) in [6.07, 6.45) is 4.12. The Kier molecular flexibility index (Phi) is 4.33. The van der Waals surface area contributed by atoms with Crippen molar-refractivity contribution in [3.05, 3.63) is 0 Å². The van der Waals surface area contributed by atoms with E-state index in [4.69, 9.17) is 4.74 Å². The molecule has 1 unspecified atom stereocenters. The number of hydrogen-bond acceptors (Lipinski definition) is 2. The van der Waals surface area contributed by atoms with Crippen molar-refractivity contribution in [2.75, 3.05) is 26.3 Å². The fourth-order valence-corrected chi connectivity index (χ4v) is 1.83. The molecule has 72 valence electrons. The van der Waals surface area contributed by atoms with Crippen LogP contribution in [0.15, 0.2) is 0 Å². The van der Waals surface area contributed by atoms with Gasteiger partial charge in [-0.15, -0.1) is 12.4 Å². The Labute approximate surface area is 80.5 Å². The van der Waals surface area contributed by atoms with Crippen molar-refractivity contribution < 1.29 is 4.74 Å². The van der Waals surface area contributed by atoms with Crippen LogP contribution in [0.25, 0.3) is 0 Å². The molecule has 12 heavy (non-hydrogen) atoms. The standard InChI is InChI=1S/C9H17NO.ClH/c1(2-9-5-10-6-9)8-3-4-11-7-8;/h8-10H,1-7H2;1H. The summed E-state index contributed by atoms with van der Waals surface area (Å²) in [6, 6.07) is 0. The molecule has 0 aromatic heterocycles. The molecular formula is C9H18ClNO. The minimum atomic E-state index is 0. The predicted molar refractivity (Wildman–Crippen MR) is 51.8 cm³/mol. The smallest absolute Gasteiger partial charge is 0.0495 e. The van der Waals surface area contributed by atoms with Crippen LogP contribution in [0.1, 0.15) is 19.3 Å². The van der Waals surface area contributed by atoms with E-state index in [0.29, 0.717) is 0 Å². The van der Waals surface area contributed by atoms with Gasteiger partial charge in [0.25, 0.3) is 0 Å². The lowest BCUT2D eigenvalue weighted by atomic mass is 9.92. The highest BCUT2D eigenvalue weighted by atomic mass is 35.5. The molecule has 0 aliphatic carbocycles. The summed E-state index contributed by atoms with van der Waals surface area (Å²) in [5.74, 6) is 1.87. The number of ether oxygens (including phenoxy) is 1. The van der Waals surface area contributed by atoms with E-state index in [2.05, 4.69) is 5.32 Å². The average molecular weight is 192 g/mol. The highest BCUT2D eigenvalue weighted by Gasteiger charge is 2.20. The number of hydrogen-bond donors (Lipinski definition) is 1. The summed E-state index contributed by atoms with van der Waals surface area (Å²) in [6.45, 7) is 4.55. The molecule has 1 N–H and O–H groups in total. The van der Waals surface area contributed by atoms with Gasteiger partial charge in [0.15, 0.2) is 0 Å². The number of rotatable bonds is 3. The average Bonchev–Trinajstić information content (AvgIpc) is 2.36. The zero-order valence-corrected chi connectivity index (χ0v) is 8.24. The van der Waals surface area contributed by atoms with Crippen LogP contribution in [-0.4, -0.2) is 26.3 Å². The second kappa shape index (κ2) is 5.05. The third-order valence-corrected chi connectivity index (χ3v) is 2.87. The molecule has 1 atom stereocenters. The Bertz CT molecular complexity index is 122. The monoisotopic (exact) mass is 191 g/mol. The Morgan fingerprint density at radius 3 is 2.42 bits per heavy atom. The molecule has 2 rings (SSSR count). The minimum Gasteiger partial charge on any atom is -0.381 e. The number of halogens is 1. The first-order valence-electron chi connectivity index (χ1n) is 4.73. The van der Waals surface area contributed by atoms with Crippen LogP contribution in [0.5, 0.6) is 0 Å². The number of nitrogens with one attached hydrogen (secondary N) is 1. The van der Waals surface area contributed by atoms with Crippen molar-refractivity contribution >= 4 is 12.4 Å². The van der Waals surface area contributed by atoms with Gasteiger partial charge in [-0.05, 0) is 44.2 Å². The molecule has 0 amide bonds. The molecule has 2 saturated heterocycles. The molecule has 2 heterocycles. The molecule has 0 saturated carbocycles. The third kappa shape index (κ3) is 2.61. The van der Waals surface area contributed by atoms with Gasteiger partial charge in [0.05, 0.1) is 0 Å². The van der Waals surface area contributed by atoms with E-state index in [1.54, 1.807) is 0 Å². The second-order valence-corrected chi connectivity index (χ2v) is 3.83. The third-order valence-electron chi connectivity index (χ3n) is 2.87. The lowest BCUT2D eigenvalue weighted by Crippen LogP contribution is -2.41. The zero-order valence-electron chi connectivity index (χ0n) is 7.42. The molecule has 3 heteroatoms. The highest BCUT2D eigenvalue weighted by molar-refractivity contribution is 5.85. The largest absolute Gasteiger partial charge is 0.381 e. The first-order valence-corrected chi connectivity index (χ1v) is 4.73. The van der Waals surface area contributed by atoms with Crippen LogP contribution in [0, 0.1) is 11.8 Å². The first kappa shape index (κ1) is 10.3. The maximum atomic E-state index is 5.33. The molecule has 0 bridgehead atoms. The van der Waals surface area contributed by atoms with Gasteiger partial charge in [-0.2, -0.15) is 0 Å². The van der Waals surface area contributed by atoms with Gasteiger partial charge in [0.2, 0.25) is 0 Å². The first-order chi connectivity index (χ1) is 5.45. The van der Waals surface area contributed by atoms with E-state index >= 15 is 0 Å². The fraction of sp³-hybridized carbons (Fsp3) is 1.00. The van der Waals surface area contributed by atoms with E-state index < -0.39 is 0 Å². The Morgan fingerprint density at radius 2 is 1.92 bits per heavy atom. The summed E-state index contributed by atoms with van der Waals surface area (Å²) >= 11 is 0. The van der Waals surface area contributed by atoms with E-state index in [-0.39, 0.29) is 12.4 Å². The lowest BCUT2D eigenvalue weighted by molar-refractivity contribution is 0.180. The van der Waals surface area contributed by atoms with Crippen LogP contribution in [-0.2, 0) is 4.74 Å². The predicted octanol–water partition coefficient (Wildman–Crippen LogP) is 1.44. The topological polar surface area (TPSA) is 21.3 Å². The van der Waals surface area contributed by atoms with Gasteiger partial charge >= 0.3 is 0 Å². The maximum Gasteiger partial charge on any atom is 0.0495 e. The van der Waals surface area contributed by atoms with Crippen LogP contribution >= 0.6 is 12.4 Å². The molecule has 2 fully saturated rings. The van der Waals surface area contributed by atoms with Gasteiger partial charge < -0.3 is 10.1 Å². The summed E-state index contributed by atoms with van der Waals surface area (Å²) in [4.78, 5) is 0. The molecular weight excluding hydrogens is 174 g/mol. The van der Waals surface area contributed by atoms with E-state index in [9.17, 15) is 0 Å². The molecule has 2 nitrogen and oxygen atoms in total. The van der Waals surface area contributed by atoms with Crippen molar-refractivity contribution in [3.8, 4) is 0 Å². The summed E-state index contributed by atoms with van der Waals surface area (Å²) in [5.41, 5.74) is 0. The zero-order chi connectivity index (χ0) is 7.52. The Balaban J connectivity index is 0.000000720. The molecule has 2 aliphatic heterocycles. The normalized spacial score (nSPS) is 29.5. The molecule has 0 aromatic rings. The Morgan fingerprint density at radius 1 is 1.17 bits per heavy atom. The summed E-state index contributed by atoms with van der Waals surface area (Å²) in [7, 11) is 0. The fourth-order valence-electron chi connectivity index (χ4n) is 1.83. The molecule has 0 radical (unpaired) electrons. The molecule has 0 spiro atoms. The quantitative estimate of drug-likeness (QED) is 0.729. The van der Waals surface area contributed by atoms with Crippen LogP contribution in [0.4, 0.5) is 0 Å². The summed E-state index contributed by atoms with van der Waals surface area (Å²) < 4.78 is 5.33. The van der Waals surface area contributed by atoms with Gasteiger partial charge in [-0.1, -0.05) is 0 Å². The molecule has 2 aliphatic rings. The van der Waals surface area contributed by atoms with E-state index in [0.717, 1.165) is 25.0 Å². The maximum absolute atomic E-state index is 5.33. The van der Waals surface area contributed by atoms with Crippen LogP contribution in [0.2, 0.25) is 0 Å². The van der Waals surface area contributed by atoms with Crippen molar-refractivity contribution in [3.63, 3.8) is 0 Å². The SMILES string of the molecule is C1CC(CCC2CNC2)CO1.Cl. The Hall–Kier alpha value is 0.210. The van der Waals surface area contributed by atoms with Crippen molar-refractivity contribution in [1.82, 2.24) is 5.32 Å². The van der Waals surface area contributed by atoms with E-state index in [1.807, 2.05) is 0 Å². The van der Waals surface area contributed by atoms with E-state index in [1.165, 1.54) is 32.4 Å². The van der Waals surface area contributed by atoms with Crippen molar-refractivity contribution in [1.29, 1.82) is 0 Å². The summed E-state index contributed by atoms with van der Waals surface area (Å²) in [5, 5.41) is 3.31. The minimum absolute atomic E-state index is 0.